The molecule has 0 radical (unpaired) electrons. The molecule has 5 heteroatoms. The molecule has 0 aliphatic heterocycles. The molecule has 0 bridgehead atoms. The zero-order valence-electron chi connectivity index (χ0n) is 10.4. The number of carboxylic acid groups (broad SMARTS) is 1. The zero-order valence-corrected chi connectivity index (χ0v) is 11.2. The molecule has 98 valence electrons. The van der Waals surface area contributed by atoms with Crippen molar-refractivity contribution in [1.82, 2.24) is 5.32 Å². The van der Waals surface area contributed by atoms with Crippen LogP contribution in [0.3, 0.4) is 0 Å². The average molecular weight is 259 g/mol. The summed E-state index contributed by atoms with van der Waals surface area (Å²) in [6.45, 7) is 4.50. The largest absolute Gasteiger partial charge is 0.480 e. The number of nitrogens with one attached hydrogen (secondary N) is 1. The Labute approximate surface area is 107 Å². The fraction of sp³-hybridized carbons (Fsp3) is 0.833. The molecule has 0 heterocycles. The Hall–Kier alpha value is -0.710. The molecule has 0 saturated heterocycles. The lowest BCUT2D eigenvalue weighted by molar-refractivity contribution is -0.139. The standard InChI is InChI=1S/C12H21NO3S/c1-8-3-9(2)5-10(4-8)17-6-11(12(15)16)13-7-14/h7-11H,3-6H2,1-2H3,(H,13,14)(H,15,16). The van der Waals surface area contributed by atoms with Gasteiger partial charge < -0.3 is 10.4 Å². The van der Waals surface area contributed by atoms with Crippen LogP contribution >= 0.6 is 11.8 Å². The molecule has 17 heavy (non-hydrogen) atoms. The van der Waals surface area contributed by atoms with Gasteiger partial charge >= 0.3 is 5.97 Å². The Morgan fingerprint density at radius 2 is 2.00 bits per heavy atom. The first-order chi connectivity index (χ1) is 8.02. The van der Waals surface area contributed by atoms with Crippen LogP contribution < -0.4 is 5.32 Å². The highest BCUT2D eigenvalue weighted by Crippen LogP contribution is 2.35. The van der Waals surface area contributed by atoms with Crippen LogP contribution in [-0.4, -0.2) is 34.5 Å². The molecular formula is C12H21NO3S. The van der Waals surface area contributed by atoms with E-state index in [2.05, 4.69) is 19.2 Å². The van der Waals surface area contributed by atoms with E-state index in [1.165, 1.54) is 6.42 Å². The molecular weight excluding hydrogens is 238 g/mol. The van der Waals surface area contributed by atoms with Crippen molar-refractivity contribution in [3.8, 4) is 0 Å². The predicted octanol–water partition coefficient (Wildman–Crippen LogP) is 1.74. The number of hydrogen-bond donors (Lipinski definition) is 2. The molecule has 3 unspecified atom stereocenters. The van der Waals surface area contributed by atoms with Crippen LogP contribution in [0.2, 0.25) is 0 Å². The lowest BCUT2D eigenvalue weighted by atomic mass is 9.83. The minimum atomic E-state index is -0.957. The van der Waals surface area contributed by atoms with Crippen molar-refractivity contribution in [3.63, 3.8) is 0 Å². The Morgan fingerprint density at radius 1 is 1.41 bits per heavy atom. The van der Waals surface area contributed by atoms with E-state index in [9.17, 15) is 9.59 Å². The topological polar surface area (TPSA) is 66.4 Å². The van der Waals surface area contributed by atoms with Crippen molar-refractivity contribution >= 4 is 24.1 Å². The maximum Gasteiger partial charge on any atom is 0.327 e. The van der Waals surface area contributed by atoms with Gasteiger partial charge in [-0.15, -0.1) is 0 Å². The minimum Gasteiger partial charge on any atom is -0.480 e. The smallest absolute Gasteiger partial charge is 0.327 e. The van der Waals surface area contributed by atoms with Crippen molar-refractivity contribution in [1.29, 1.82) is 0 Å². The second-order valence-electron chi connectivity index (χ2n) is 5.05. The SMILES string of the molecule is CC1CC(C)CC(SCC(NC=O)C(=O)O)C1. The Morgan fingerprint density at radius 3 is 2.47 bits per heavy atom. The van der Waals surface area contributed by atoms with E-state index in [0.717, 1.165) is 24.7 Å². The van der Waals surface area contributed by atoms with Gasteiger partial charge in [0, 0.05) is 11.0 Å². The Balaban J connectivity index is 2.37. The van der Waals surface area contributed by atoms with Crippen LogP contribution in [0.1, 0.15) is 33.1 Å². The van der Waals surface area contributed by atoms with Gasteiger partial charge in [0.1, 0.15) is 6.04 Å². The van der Waals surface area contributed by atoms with Crippen LogP contribution in [0, 0.1) is 11.8 Å². The monoisotopic (exact) mass is 259 g/mol. The van der Waals surface area contributed by atoms with Crippen LogP contribution in [0.4, 0.5) is 0 Å². The lowest BCUT2D eigenvalue weighted by Crippen LogP contribution is -2.38. The molecule has 0 spiro atoms. The molecule has 0 aromatic carbocycles. The van der Waals surface area contributed by atoms with Gasteiger partial charge in [-0.3, -0.25) is 4.79 Å². The fourth-order valence-corrected chi connectivity index (χ4v) is 4.15. The van der Waals surface area contributed by atoms with Gasteiger partial charge in [0.25, 0.3) is 0 Å². The van der Waals surface area contributed by atoms with Gasteiger partial charge in [-0.2, -0.15) is 11.8 Å². The van der Waals surface area contributed by atoms with Crippen molar-refractivity contribution in [2.45, 2.75) is 44.4 Å². The molecule has 1 aliphatic carbocycles. The summed E-state index contributed by atoms with van der Waals surface area (Å²) in [5, 5.41) is 11.8. The summed E-state index contributed by atoms with van der Waals surface area (Å²) in [6, 6.07) is -0.759. The summed E-state index contributed by atoms with van der Waals surface area (Å²) < 4.78 is 0. The van der Waals surface area contributed by atoms with Gasteiger partial charge in [-0.05, 0) is 31.1 Å². The average Bonchev–Trinajstić information content (AvgIpc) is 2.22. The number of rotatable bonds is 6. The molecule has 1 fully saturated rings. The van der Waals surface area contributed by atoms with Gasteiger partial charge in [-0.25, -0.2) is 4.79 Å². The van der Waals surface area contributed by atoms with Crippen LogP contribution in [0.5, 0.6) is 0 Å². The predicted molar refractivity (Wildman–Crippen MR) is 69.0 cm³/mol. The van der Waals surface area contributed by atoms with Crippen LogP contribution in [0.15, 0.2) is 0 Å². The van der Waals surface area contributed by atoms with E-state index in [4.69, 9.17) is 5.11 Å². The lowest BCUT2D eigenvalue weighted by Gasteiger charge is -2.31. The van der Waals surface area contributed by atoms with E-state index >= 15 is 0 Å². The quantitative estimate of drug-likeness (QED) is 0.713. The molecule has 0 aromatic rings. The summed E-state index contributed by atoms with van der Waals surface area (Å²) in [4.78, 5) is 21.1. The van der Waals surface area contributed by atoms with Crippen LogP contribution in [-0.2, 0) is 9.59 Å². The number of amides is 1. The number of carboxylic acids is 1. The van der Waals surface area contributed by atoms with Crippen molar-refractivity contribution in [2.75, 3.05) is 5.75 Å². The first kappa shape index (κ1) is 14.4. The number of aliphatic carboxylic acids is 1. The molecule has 1 aliphatic rings. The number of thioether (sulfide) groups is 1. The van der Waals surface area contributed by atoms with Crippen molar-refractivity contribution in [2.24, 2.45) is 11.8 Å². The van der Waals surface area contributed by atoms with Crippen molar-refractivity contribution in [3.05, 3.63) is 0 Å². The van der Waals surface area contributed by atoms with E-state index < -0.39 is 12.0 Å². The molecule has 0 aromatic heterocycles. The van der Waals surface area contributed by atoms with Crippen molar-refractivity contribution < 1.29 is 14.7 Å². The molecule has 1 saturated carbocycles. The number of carbonyl (C=O) groups excluding carboxylic acids is 1. The first-order valence-electron chi connectivity index (χ1n) is 6.07. The normalized spacial score (nSPS) is 30.6. The maximum absolute atomic E-state index is 10.9. The van der Waals surface area contributed by atoms with E-state index in [-0.39, 0.29) is 0 Å². The van der Waals surface area contributed by atoms with Gasteiger partial charge in [0.05, 0.1) is 0 Å². The molecule has 2 N–H and O–H groups in total. The maximum atomic E-state index is 10.9. The van der Waals surface area contributed by atoms with E-state index in [1.807, 2.05) is 0 Å². The minimum absolute atomic E-state index is 0.457. The first-order valence-corrected chi connectivity index (χ1v) is 7.12. The molecule has 4 nitrogen and oxygen atoms in total. The van der Waals surface area contributed by atoms with Gasteiger partial charge in [0.2, 0.25) is 6.41 Å². The highest BCUT2D eigenvalue weighted by molar-refractivity contribution is 7.99. The third-order valence-corrected chi connectivity index (χ3v) is 4.58. The molecule has 1 amide bonds. The summed E-state index contributed by atoms with van der Waals surface area (Å²) in [6.07, 6.45) is 4.04. The van der Waals surface area contributed by atoms with E-state index in [1.54, 1.807) is 11.8 Å². The zero-order chi connectivity index (χ0) is 12.8. The number of hydrogen-bond acceptors (Lipinski definition) is 3. The van der Waals surface area contributed by atoms with Crippen LogP contribution in [0.25, 0.3) is 0 Å². The molecule has 3 atom stereocenters. The highest BCUT2D eigenvalue weighted by atomic mass is 32.2. The van der Waals surface area contributed by atoms with Gasteiger partial charge in [0.15, 0.2) is 0 Å². The number of carbonyl (C=O) groups is 2. The Kier molecular flexibility index (Phi) is 5.82. The van der Waals surface area contributed by atoms with E-state index in [0.29, 0.717) is 17.4 Å². The highest BCUT2D eigenvalue weighted by Gasteiger charge is 2.26. The molecule has 1 rings (SSSR count). The second kappa shape index (κ2) is 6.89. The third-order valence-electron chi connectivity index (χ3n) is 3.20. The summed E-state index contributed by atoms with van der Waals surface area (Å²) in [7, 11) is 0. The second-order valence-corrected chi connectivity index (χ2v) is 6.38. The third kappa shape index (κ3) is 4.98. The van der Waals surface area contributed by atoms with Gasteiger partial charge in [-0.1, -0.05) is 13.8 Å². The Bertz CT molecular complexity index is 262. The summed E-state index contributed by atoms with van der Waals surface area (Å²) >= 11 is 1.68. The summed E-state index contributed by atoms with van der Waals surface area (Å²) in [5.74, 6) is 0.941. The summed E-state index contributed by atoms with van der Waals surface area (Å²) in [5.41, 5.74) is 0. The fourth-order valence-electron chi connectivity index (χ4n) is 2.51.